The molecule has 1 aliphatic rings. The predicted molar refractivity (Wildman–Crippen MR) is 87.0 cm³/mol. The number of hydrogen-bond donors (Lipinski definition) is 1. The summed E-state index contributed by atoms with van der Waals surface area (Å²) >= 11 is 3.45. The van der Waals surface area contributed by atoms with E-state index < -0.39 is 0 Å². The summed E-state index contributed by atoms with van der Waals surface area (Å²) in [7, 11) is 0. The monoisotopic (exact) mass is 347 g/mol. The zero-order valence-corrected chi connectivity index (χ0v) is 13.7. The molecule has 0 fully saturated rings. The molecular formula is C17H18BrNO2. The molecule has 2 aromatic carbocycles. The van der Waals surface area contributed by atoms with Gasteiger partial charge in [0.25, 0.3) is 0 Å². The third-order valence-corrected chi connectivity index (χ3v) is 4.01. The van der Waals surface area contributed by atoms with E-state index in [-0.39, 0.29) is 5.60 Å². The lowest BCUT2D eigenvalue weighted by Gasteiger charge is -2.18. The molecule has 0 radical (unpaired) electrons. The van der Waals surface area contributed by atoms with E-state index in [2.05, 4.69) is 35.8 Å². The average molecular weight is 348 g/mol. The number of para-hydroxylation sites is 1. The predicted octanol–water partition coefficient (Wildman–Crippen LogP) is 4.41. The summed E-state index contributed by atoms with van der Waals surface area (Å²) < 4.78 is 13.1. The number of ether oxygens (including phenoxy) is 2. The van der Waals surface area contributed by atoms with Gasteiger partial charge in [0.1, 0.15) is 11.4 Å². The Bertz CT molecular complexity index is 682. The van der Waals surface area contributed by atoms with Gasteiger partial charge >= 0.3 is 0 Å². The van der Waals surface area contributed by atoms with Crippen LogP contribution in [0, 0.1) is 0 Å². The second kappa shape index (κ2) is 5.35. The fourth-order valence-corrected chi connectivity index (χ4v) is 3.00. The Hall–Kier alpha value is -1.52. The molecule has 3 nitrogen and oxygen atoms in total. The molecule has 1 aliphatic heterocycles. The van der Waals surface area contributed by atoms with Crippen LogP contribution < -0.4 is 15.2 Å². The second-order valence-electron chi connectivity index (χ2n) is 5.84. The van der Waals surface area contributed by atoms with Crippen LogP contribution in [-0.2, 0) is 13.0 Å². The van der Waals surface area contributed by atoms with Gasteiger partial charge in [0.15, 0.2) is 11.5 Å². The molecule has 0 aromatic heterocycles. The number of halogens is 1. The van der Waals surface area contributed by atoms with Crippen molar-refractivity contribution in [1.82, 2.24) is 0 Å². The highest BCUT2D eigenvalue weighted by Crippen LogP contribution is 2.43. The first-order valence-electron chi connectivity index (χ1n) is 6.96. The number of fused-ring (bicyclic) bond motifs is 1. The number of hydrogen-bond acceptors (Lipinski definition) is 3. The molecule has 2 N–H and O–H groups in total. The summed E-state index contributed by atoms with van der Waals surface area (Å²) in [5, 5.41) is 0. The number of benzene rings is 2. The topological polar surface area (TPSA) is 44.5 Å². The van der Waals surface area contributed by atoms with Crippen LogP contribution in [-0.4, -0.2) is 5.60 Å². The Morgan fingerprint density at radius 3 is 2.81 bits per heavy atom. The minimum Gasteiger partial charge on any atom is -0.483 e. The van der Waals surface area contributed by atoms with E-state index in [1.165, 1.54) is 5.56 Å². The van der Waals surface area contributed by atoms with Gasteiger partial charge in [-0.2, -0.15) is 0 Å². The van der Waals surface area contributed by atoms with Gasteiger partial charge < -0.3 is 15.2 Å². The smallest absolute Gasteiger partial charge is 0.169 e. The zero-order chi connectivity index (χ0) is 15.0. The molecule has 0 spiro atoms. The van der Waals surface area contributed by atoms with E-state index in [1.54, 1.807) is 0 Å². The highest BCUT2D eigenvalue weighted by atomic mass is 79.9. The lowest BCUT2D eigenvalue weighted by Crippen LogP contribution is -2.24. The molecule has 0 saturated carbocycles. The summed E-state index contributed by atoms with van der Waals surface area (Å²) in [4.78, 5) is 0. The standard InChI is InChI=1S/C17H18BrNO2/c1-17(2)9-11-4-3-5-15(16(11)21-17)20-14-7-6-13(18)8-12(14)10-19/h3-8H,9-10,19H2,1-2H3. The maximum absolute atomic E-state index is 6.07. The largest absolute Gasteiger partial charge is 0.483 e. The van der Waals surface area contributed by atoms with Crippen molar-refractivity contribution in [3.05, 3.63) is 52.0 Å². The highest BCUT2D eigenvalue weighted by molar-refractivity contribution is 9.10. The van der Waals surface area contributed by atoms with Gasteiger partial charge in [-0.1, -0.05) is 28.1 Å². The van der Waals surface area contributed by atoms with Crippen molar-refractivity contribution in [2.45, 2.75) is 32.4 Å². The van der Waals surface area contributed by atoms with Crippen LogP contribution in [0.4, 0.5) is 0 Å². The molecule has 2 aromatic rings. The SMILES string of the molecule is CC1(C)Cc2cccc(Oc3ccc(Br)cc3CN)c2O1. The van der Waals surface area contributed by atoms with Crippen LogP contribution in [0.15, 0.2) is 40.9 Å². The normalized spacial score (nSPS) is 15.4. The third-order valence-electron chi connectivity index (χ3n) is 3.52. The van der Waals surface area contributed by atoms with Gasteiger partial charge in [-0.3, -0.25) is 0 Å². The minimum absolute atomic E-state index is 0.182. The van der Waals surface area contributed by atoms with E-state index in [1.807, 2.05) is 30.3 Å². The molecule has 0 aliphatic carbocycles. The van der Waals surface area contributed by atoms with Crippen molar-refractivity contribution in [2.24, 2.45) is 5.73 Å². The second-order valence-corrected chi connectivity index (χ2v) is 6.76. The van der Waals surface area contributed by atoms with Gasteiger partial charge in [0.05, 0.1) is 0 Å². The quantitative estimate of drug-likeness (QED) is 0.893. The van der Waals surface area contributed by atoms with Crippen molar-refractivity contribution in [3.8, 4) is 17.2 Å². The Balaban J connectivity index is 1.96. The lowest BCUT2D eigenvalue weighted by atomic mass is 10.0. The minimum atomic E-state index is -0.182. The van der Waals surface area contributed by atoms with Gasteiger partial charge in [0, 0.05) is 28.6 Å². The fraction of sp³-hybridized carbons (Fsp3) is 0.294. The molecule has 0 unspecified atom stereocenters. The average Bonchev–Trinajstić information content (AvgIpc) is 2.75. The molecular weight excluding hydrogens is 330 g/mol. The van der Waals surface area contributed by atoms with Crippen LogP contribution in [0.5, 0.6) is 17.2 Å². The maximum Gasteiger partial charge on any atom is 0.169 e. The van der Waals surface area contributed by atoms with Crippen LogP contribution in [0.3, 0.4) is 0 Å². The van der Waals surface area contributed by atoms with Gasteiger partial charge in [-0.05, 0) is 38.1 Å². The Labute approximate surface area is 133 Å². The van der Waals surface area contributed by atoms with Crippen LogP contribution >= 0.6 is 15.9 Å². The Morgan fingerprint density at radius 1 is 1.24 bits per heavy atom. The third kappa shape index (κ3) is 2.92. The van der Waals surface area contributed by atoms with E-state index in [0.29, 0.717) is 6.54 Å². The molecule has 0 atom stereocenters. The molecule has 4 heteroatoms. The first-order chi connectivity index (χ1) is 9.98. The van der Waals surface area contributed by atoms with Gasteiger partial charge in [-0.25, -0.2) is 0 Å². The fourth-order valence-electron chi connectivity index (χ4n) is 2.59. The molecule has 0 bridgehead atoms. The van der Waals surface area contributed by atoms with Crippen molar-refractivity contribution in [2.75, 3.05) is 0 Å². The summed E-state index contributed by atoms with van der Waals surface area (Å²) in [6.07, 6.45) is 0.892. The van der Waals surface area contributed by atoms with Gasteiger partial charge in [-0.15, -0.1) is 0 Å². The van der Waals surface area contributed by atoms with E-state index >= 15 is 0 Å². The Kier molecular flexibility index (Phi) is 3.68. The van der Waals surface area contributed by atoms with E-state index in [0.717, 1.165) is 33.7 Å². The highest BCUT2D eigenvalue weighted by Gasteiger charge is 2.32. The van der Waals surface area contributed by atoms with Crippen molar-refractivity contribution in [1.29, 1.82) is 0 Å². The molecule has 1 heterocycles. The summed E-state index contributed by atoms with van der Waals surface area (Å²) in [5.74, 6) is 2.35. The molecule has 0 saturated heterocycles. The summed E-state index contributed by atoms with van der Waals surface area (Å²) in [6.45, 7) is 4.60. The Morgan fingerprint density at radius 2 is 2.05 bits per heavy atom. The first kappa shape index (κ1) is 14.4. The van der Waals surface area contributed by atoms with Crippen molar-refractivity contribution < 1.29 is 9.47 Å². The maximum atomic E-state index is 6.07. The molecule has 0 amide bonds. The van der Waals surface area contributed by atoms with E-state index in [4.69, 9.17) is 15.2 Å². The van der Waals surface area contributed by atoms with Crippen LogP contribution in [0.1, 0.15) is 25.0 Å². The number of rotatable bonds is 3. The van der Waals surface area contributed by atoms with Crippen LogP contribution in [0.2, 0.25) is 0 Å². The summed E-state index contributed by atoms with van der Waals surface area (Å²) in [5.41, 5.74) is 7.76. The molecule has 21 heavy (non-hydrogen) atoms. The number of nitrogens with two attached hydrogens (primary N) is 1. The van der Waals surface area contributed by atoms with E-state index in [9.17, 15) is 0 Å². The lowest BCUT2D eigenvalue weighted by molar-refractivity contribution is 0.135. The molecule has 110 valence electrons. The van der Waals surface area contributed by atoms with Crippen molar-refractivity contribution >= 4 is 15.9 Å². The van der Waals surface area contributed by atoms with Crippen molar-refractivity contribution in [3.63, 3.8) is 0 Å². The van der Waals surface area contributed by atoms with Gasteiger partial charge in [0.2, 0.25) is 0 Å². The van der Waals surface area contributed by atoms with Crippen LogP contribution in [0.25, 0.3) is 0 Å². The summed E-state index contributed by atoms with van der Waals surface area (Å²) in [6, 6.07) is 11.9. The first-order valence-corrected chi connectivity index (χ1v) is 7.75. The zero-order valence-electron chi connectivity index (χ0n) is 12.2. The molecule has 3 rings (SSSR count).